The predicted octanol–water partition coefficient (Wildman–Crippen LogP) is 13.3. The maximum Gasteiger partial charge on any atom is 0.227 e. The van der Waals surface area contributed by atoms with Crippen LogP contribution in [-0.2, 0) is 0 Å². The summed E-state index contributed by atoms with van der Waals surface area (Å²) in [7, 11) is 0. The van der Waals surface area contributed by atoms with E-state index in [2.05, 4.69) is 168 Å². The number of fused-ring (bicyclic) bond motifs is 7. The monoisotopic (exact) mass is 644 g/mol. The van der Waals surface area contributed by atoms with Gasteiger partial charge in [0, 0.05) is 54.1 Å². The van der Waals surface area contributed by atoms with Crippen molar-refractivity contribution in [1.82, 2.24) is 4.98 Å². The minimum Gasteiger partial charge on any atom is -0.437 e. The summed E-state index contributed by atoms with van der Waals surface area (Å²) >= 11 is 1.84. The van der Waals surface area contributed by atoms with Crippen molar-refractivity contribution in [3.05, 3.63) is 170 Å². The van der Waals surface area contributed by atoms with E-state index in [-0.39, 0.29) is 0 Å². The molecule has 0 atom stereocenters. The molecule has 0 aliphatic rings. The van der Waals surface area contributed by atoms with Crippen LogP contribution in [0.3, 0.4) is 0 Å². The van der Waals surface area contributed by atoms with Crippen molar-refractivity contribution < 1.29 is 4.42 Å². The molecule has 3 aromatic heterocycles. The number of benzene rings is 7. The lowest BCUT2D eigenvalue weighted by Crippen LogP contribution is -2.10. The highest BCUT2D eigenvalue weighted by molar-refractivity contribution is 7.26. The van der Waals surface area contributed by atoms with Gasteiger partial charge in [-0.25, -0.2) is 4.98 Å². The lowest BCUT2D eigenvalue weighted by Gasteiger charge is -2.27. The predicted molar refractivity (Wildman–Crippen MR) is 207 cm³/mol. The molecule has 4 heteroatoms. The number of furan rings is 1. The number of aromatic nitrogens is 1. The molecule has 3 heterocycles. The normalized spacial score (nSPS) is 11.7. The number of thiophene rings is 1. The largest absolute Gasteiger partial charge is 0.437 e. The summed E-state index contributed by atoms with van der Waals surface area (Å²) < 4.78 is 8.85. The maximum atomic E-state index is 6.29. The Morgan fingerprint density at radius 2 is 1.16 bits per heavy atom. The van der Waals surface area contributed by atoms with E-state index in [0.29, 0.717) is 5.71 Å². The van der Waals surface area contributed by atoms with Gasteiger partial charge in [-0.15, -0.1) is 11.3 Å². The fraction of sp³-hybridized carbons (Fsp3) is 0. The summed E-state index contributed by atoms with van der Waals surface area (Å²) in [5, 5.41) is 7.15. The zero-order valence-electron chi connectivity index (χ0n) is 26.4. The van der Waals surface area contributed by atoms with Gasteiger partial charge in [0.15, 0.2) is 0 Å². The van der Waals surface area contributed by atoms with Gasteiger partial charge >= 0.3 is 0 Å². The van der Waals surface area contributed by atoms with Crippen LogP contribution in [0.2, 0.25) is 0 Å². The second-order valence-corrected chi connectivity index (χ2v) is 13.5. The third-order valence-electron chi connectivity index (χ3n) is 9.54. The second-order valence-electron chi connectivity index (χ2n) is 12.4. The van der Waals surface area contributed by atoms with Gasteiger partial charge in [-0.1, -0.05) is 103 Å². The average Bonchev–Trinajstić information content (AvgIpc) is 3.74. The Morgan fingerprint density at radius 1 is 0.490 bits per heavy atom. The van der Waals surface area contributed by atoms with Crippen LogP contribution in [-0.4, -0.2) is 4.98 Å². The van der Waals surface area contributed by atoms with Crippen LogP contribution in [0.1, 0.15) is 0 Å². The summed E-state index contributed by atoms with van der Waals surface area (Å²) in [6.07, 6.45) is 1.78. The SMILES string of the molecule is c1ccc2cc(-c3ccc(N(c4ccc(-c5cccc6c5oc5ncccc56)cc4)c4cccc5sc6ccccc6c45)cc3)ccc2c1. The van der Waals surface area contributed by atoms with E-state index >= 15 is 0 Å². The molecule has 3 nitrogen and oxygen atoms in total. The van der Waals surface area contributed by atoms with E-state index in [1.54, 1.807) is 6.20 Å². The smallest absolute Gasteiger partial charge is 0.227 e. The van der Waals surface area contributed by atoms with Crippen molar-refractivity contribution in [2.24, 2.45) is 0 Å². The number of para-hydroxylation sites is 1. The van der Waals surface area contributed by atoms with Crippen molar-refractivity contribution in [3.63, 3.8) is 0 Å². The van der Waals surface area contributed by atoms with Gasteiger partial charge in [0.05, 0.1) is 5.69 Å². The minimum atomic E-state index is 0.663. The van der Waals surface area contributed by atoms with E-state index in [4.69, 9.17) is 4.42 Å². The quantitative estimate of drug-likeness (QED) is 0.187. The van der Waals surface area contributed by atoms with E-state index in [1.165, 1.54) is 42.1 Å². The summed E-state index contributed by atoms with van der Waals surface area (Å²) in [5.41, 5.74) is 9.43. The topological polar surface area (TPSA) is 29.3 Å². The second kappa shape index (κ2) is 11.2. The van der Waals surface area contributed by atoms with Crippen molar-refractivity contribution in [3.8, 4) is 22.3 Å². The molecule has 0 unspecified atom stereocenters. The van der Waals surface area contributed by atoms with Gasteiger partial charge in [0.25, 0.3) is 0 Å². The van der Waals surface area contributed by atoms with Crippen LogP contribution >= 0.6 is 11.3 Å². The number of hydrogen-bond donors (Lipinski definition) is 0. The first-order valence-corrected chi connectivity index (χ1v) is 17.3. The maximum absolute atomic E-state index is 6.29. The summed E-state index contributed by atoms with van der Waals surface area (Å²) in [6, 6.07) is 58.8. The molecule has 0 bridgehead atoms. The third kappa shape index (κ3) is 4.61. The molecule has 10 rings (SSSR count). The lowest BCUT2D eigenvalue weighted by atomic mass is 10.00. The Balaban J connectivity index is 1.12. The van der Waals surface area contributed by atoms with Crippen molar-refractivity contribution in [2.75, 3.05) is 4.90 Å². The van der Waals surface area contributed by atoms with E-state index in [9.17, 15) is 0 Å². The molecule has 0 aliphatic carbocycles. The minimum absolute atomic E-state index is 0.663. The fourth-order valence-corrected chi connectivity index (χ4v) is 8.32. The first kappa shape index (κ1) is 27.8. The van der Waals surface area contributed by atoms with Gasteiger partial charge in [-0.2, -0.15) is 0 Å². The Labute approximate surface area is 286 Å². The Bertz CT molecular complexity index is 2830. The first-order chi connectivity index (χ1) is 24.3. The van der Waals surface area contributed by atoms with Gasteiger partial charge in [0.2, 0.25) is 5.71 Å². The molecule has 0 N–H and O–H groups in total. The fourth-order valence-electron chi connectivity index (χ4n) is 7.19. The molecular weight excluding hydrogens is 617 g/mol. The molecule has 0 fully saturated rings. The number of rotatable bonds is 5. The zero-order valence-corrected chi connectivity index (χ0v) is 27.2. The third-order valence-corrected chi connectivity index (χ3v) is 10.7. The number of hydrogen-bond acceptors (Lipinski definition) is 4. The van der Waals surface area contributed by atoms with Gasteiger partial charge < -0.3 is 9.32 Å². The zero-order chi connectivity index (χ0) is 32.3. The molecule has 0 amide bonds. The van der Waals surface area contributed by atoms with Crippen LogP contribution < -0.4 is 4.90 Å². The number of nitrogens with zero attached hydrogens (tertiary/aromatic N) is 2. The molecule has 0 saturated heterocycles. The Kier molecular flexibility index (Phi) is 6.36. The molecule has 49 heavy (non-hydrogen) atoms. The summed E-state index contributed by atoms with van der Waals surface area (Å²) in [5.74, 6) is 0. The number of anilines is 3. The summed E-state index contributed by atoms with van der Waals surface area (Å²) in [6.45, 7) is 0. The van der Waals surface area contributed by atoms with Crippen LogP contribution in [0, 0.1) is 0 Å². The van der Waals surface area contributed by atoms with Crippen molar-refractivity contribution in [2.45, 2.75) is 0 Å². The summed E-state index contributed by atoms with van der Waals surface area (Å²) in [4.78, 5) is 6.86. The molecule has 230 valence electrons. The van der Waals surface area contributed by atoms with Crippen molar-refractivity contribution >= 4 is 81.4 Å². The Morgan fingerprint density at radius 3 is 2.02 bits per heavy atom. The highest BCUT2D eigenvalue weighted by atomic mass is 32.1. The van der Waals surface area contributed by atoms with Crippen LogP contribution in [0.15, 0.2) is 174 Å². The number of pyridine rings is 1. The standard InChI is InChI=1S/C45H28N2OS/c1-2-9-32-28-33(18-17-29(32)8-1)30-19-23-34(24-20-30)47(40-14-6-16-42-43(40)39-10-3-4-15-41(39)49-42)35-25-21-31(22-26-35)36-11-5-12-37-38-13-7-27-46-45(38)48-44(36)37/h1-28H. The van der Waals surface area contributed by atoms with E-state index in [0.717, 1.165) is 44.5 Å². The highest BCUT2D eigenvalue weighted by Gasteiger charge is 2.19. The van der Waals surface area contributed by atoms with Gasteiger partial charge in [-0.3, -0.25) is 0 Å². The van der Waals surface area contributed by atoms with Crippen LogP contribution in [0.25, 0.3) is 75.3 Å². The van der Waals surface area contributed by atoms with E-state index < -0.39 is 0 Å². The molecule has 0 saturated carbocycles. The Hall–Kier alpha value is -6.23. The average molecular weight is 645 g/mol. The van der Waals surface area contributed by atoms with Gasteiger partial charge in [0.1, 0.15) is 5.58 Å². The molecule has 0 spiro atoms. The highest BCUT2D eigenvalue weighted by Crippen LogP contribution is 2.45. The first-order valence-electron chi connectivity index (χ1n) is 16.4. The molecule has 7 aromatic carbocycles. The van der Waals surface area contributed by atoms with Gasteiger partial charge in [-0.05, 0) is 88.1 Å². The molecular formula is C45H28N2OS. The van der Waals surface area contributed by atoms with Crippen molar-refractivity contribution in [1.29, 1.82) is 0 Å². The van der Waals surface area contributed by atoms with E-state index in [1.807, 2.05) is 17.4 Å². The lowest BCUT2D eigenvalue weighted by molar-refractivity contribution is 0.655. The molecule has 10 aromatic rings. The molecule has 0 aliphatic heterocycles. The van der Waals surface area contributed by atoms with Crippen LogP contribution in [0.5, 0.6) is 0 Å². The van der Waals surface area contributed by atoms with Crippen LogP contribution in [0.4, 0.5) is 17.1 Å². The molecule has 0 radical (unpaired) electrons.